The minimum atomic E-state index is -5.57. The van der Waals surface area contributed by atoms with Crippen LogP contribution >= 0.6 is 35.2 Å². The van der Waals surface area contributed by atoms with Gasteiger partial charge in [-0.15, -0.1) is 0 Å². The van der Waals surface area contributed by atoms with Crippen molar-refractivity contribution in [2.24, 2.45) is 11.3 Å². The summed E-state index contributed by atoms with van der Waals surface area (Å²) in [5.41, 5.74) is 4.24. The molecule has 4 unspecified atom stereocenters. The number of thioether (sulfide) groups is 1. The number of amides is 2. The Kier molecular flexibility index (Phi) is 16.9. The molecule has 1 aliphatic heterocycles. The highest BCUT2D eigenvalue weighted by molar-refractivity contribution is 8.13. The molecule has 1 saturated heterocycles. The number of nitrogens with zero attached hydrogens (tertiary/aromatic N) is 4. The first kappa shape index (κ1) is 46.9. The zero-order valence-electron chi connectivity index (χ0n) is 29.5. The lowest BCUT2D eigenvalue weighted by molar-refractivity contribution is -0.137. The Morgan fingerprint density at radius 1 is 1.07 bits per heavy atom. The average Bonchev–Trinajstić information content (AvgIpc) is 3.64. The van der Waals surface area contributed by atoms with Crippen LogP contribution in [0.4, 0.5) is 5.82 Å². The van der Waals surface area contributed by atoms with Gasteiger partial charge in [0, 0.05) is 43.2 Å². The standard InChI is InChI=1S/C26H44N7O18P3S/c1-14(5-8-34)25(39)55-9-7-28-16(35)4-6-29-23(38)20(37)26(2,3)11-48-54(45,46)51-53(43,44)47-10-15-19(50-52(40,41)42)18(36)24(49-15)33-13-32-17-21(27)30-12-31-22(17)33/h12-15,18-20,24,34,36-37H,4-11H2,1-3H3,(H,28,35)(H,29,38)(H,43,44)(H,45,46)(H2,27,30,31)(H2,40,41,42)/t14?,15-,18-,19-,20?,24-/m1/s1. The molecule has 25 nitrogen and oxygen atoms in total. The molecule has 29 heteroatoms. The molecule has 1 fully saturated rings. The Bertz CT molecular complexity index is 1800. The van der Waals surface area contributed by atoms with Crippen molar-refractivity contribution in [3.05, 3.63) is 12.7 Å². The summed E-state index contributed by atoms with van der Waals surface area (Å²) < 4.78 is 62.0. The van der Waals surface area contributed by atoms with E-state index in [4.69, 9.17) is 24.6 Å². The van der Waals surface area contributed by atoms with Crippen LogP contribution in [0, 0.1) is 11.3 Å². The summed E-state index contributed by atoms with van der Waals surface area (Å²) in [5.74, 6) is -1.54. The monoisotopic (exact) mass is 867 g/mol. The second-order valence-electron chi connectivity index (χ2n) is 12.7. The third kappa shape index (κ3) is 14.1. The van der Waals surface area contributed by atoms with E-state index in [0.717, 1.165) is 29.0 Å². The zero-order valence-corrected chi connectivity index (χ0v) is 33.0. The van der Waals surface area contributed by atoms with E-state index in [1.807, 2.05) is 0 Å². The van der Waals surface area contributed by atoms with Gasteiger partial charge in [-0.3, -0.25) is 32.5 Å². The van der Waals surface area contributed by atoms with Crippen molar-refractivity contribution >= 4 is 69.1 Å². The number of phosphoric acid groups is 3. The molecule has 11 N–H and O–H groups in total. The summed E-state index contributed by atoms with van der Waals surface area (Å²) in [6.45, 7) is 1.96. The Balaban J connectivity index is 1.50. The highest BCUT2D eigenvalue weighted by atomic mass is 32.2. The molecule has 3 rings (SSSR count). The number of aliphatic hydroxyl groups is 3. The molecule has 0 aromatic carbocycles. The van der Waals surface area contributed by atoms with Crippen LogP contribution in [0.15, 0.2) is 12.7 Å². The van der Waals surface area contributed by atoms with E-state index in [1.165, 1.54) is 13.8 Å². The number of carbonyl (C=O) groups excluding carboxylic acids is 3. The molecule has 3 heterocycles. The van der Waals surface area contributed by atoms with Crippen molar-refractivity contribution in [1.82, 2.24) is 30.2 Å². The van der Waals surface area contributed by atoms with Gasteiger partial charge in [0.1, 0.15) is 36.3 Å². The van der Waals surface area contributed by atoms with E-state index < -0.39 is 84.6 Å². The third-order valence-electron chi connectivity index (χ3n) is 7.71. The molecule has 0 bridgehead atoms. The van der Waals surface area contributed by atoms with Crippen LogP contribution in [0.5, 0.6) is 0 Å². The van der Waals surface area contributed by atoms with E-state index in [-0.39, 0.29) is 54.1 Å². The number of nitrogens with two attached hydrogens (primary N) is 1. The van der Waals surface area contributed by atoms with Gasteiger partial charge in [0.05, 0.1) is 19.5 Å². The zero-order chi connectivity index (χ0) is 41.4. The maximum absolute atomic E-state index is 12.7. The van der Waals surface area contributed by atoms with Gasteiger partial charge in [-0.1, -0.05) is 32.5 Å². The van der Waals surface area contributed by atoms with Crippen LogP contribution in [0.3, 0.4) is 0 Å². The highest BCUT2D eigenvalue weighted by Crippen LogP contribution is 2.61. The molecule has 312 valence electrons. The molecule has 0 saturated carbocycles. The number of hydrogen-bond acceptors (Lipinski definition) is 19. The first-order valence-corrected chi connectivity index (χ1v) is 21.6. The Morgan fingerprint density at radius 3 is 2.40 bits per heavy atom. The van der Waals surface area contributed by atoms with Crippen molar-refractivity contribution in [3.63, 3.8) is 0 Å². The van der Waals surface area contributed by atoms with Crippen molar-refractivity contribution < 1.29 is 85.6 Å². The topological polar surface area (TPSA) is 384 Å². The van der Waals surface area contributed by atoms with E-state index >= 15 is 0 Å². The lowest BCUT2D eigenvalue weighted by Crippen LogP contribution is -2.46. The van der Waals surface area contributed by atoms with Crippen LogP contribution in [0.25, 0.3) is 11.2 Å². The lowest BCUT2D eigenvalue weighted by Gasteiger charge is -2.30. The average molecular weight is 868 g/mol. The summed E-state index contributed by atoms with van der Waals surface area (Å²) in [5, 5.41) is 35.1. The third-order valence-corrected chi connectivity index (χ3v) is 11.9. The van der Waals surface area contributed by atoms with Gasteiger partial charge in [-0.05, 0) is 6.42 Å². The fraction of sp³-hybridized carbons (Fsp3) is 0.692. The summed E-state index contributed by atoms with van der Waals surface area (Å²) >= 11 is 1.01. The summed E-state index contributed by atoms with van der Waals surface area (Å²) in [4.78, 5) is 87.3. The molecule has 2 amide bonds. The number of ether oxygens (including phenoxy) is 1. The van der Waals surface area contributed by atoms with E-state index in [2.05, 4.69) is 34.4 Å². The summed E-state index contributed by atoms with van der Waals surface area (Å²) in [6, 6.07) is 0. The predicted octanol–water partition coefficient (Wildman–Crippen LogP) is -1.32. The molecular weight excluding hydrogens is 823 g/mol. The highest BCUT2D eigenvalue weighted by Gasteiger charge is 2.50. The van der Waals surface area contributed by atoms with E-state index in [0.29, 0.717) is 12.2 Å². The van der Waals surface area contributed by atoms with Crippen LogP contribution in [-0.2, 0) is 50.7 Å². The molecule has 0 aliphatic carbocycles. The Labute approximate surface area is 317 Å². The van der Waals surface area contributed by atoms with Crippen molar-refractivity contribution in [2.75, 3.05) is 44.4 Å². The number of phosphoric ester groups is 3. The Hall–Kier alpha value is -2.48. The van der Waals surface area contributed by atoms with Gasteiger partial charge in [0.15, 0.2) is 22.8 Å². The van der Waals surface area contributed by atoms with Crippen molar-refractivity contribution in [2.45, 2.75) is 64.3 Å². The molecule has 2 aromatic heterocycles. The number of aliphatic hydroxyl groups excluding tert-OH is 3. The normalized spacial score (nSPS) is 22.4. The summed E-state index contributed by atoms with van der Waals surface area (Å²) in [7, 11) is -16.4. The van der Waals surface area contributed by atoms with Crippen molar-refractivity contribution in [3.8, 4) is 0 Å². The lowest BCUT2D eigenvalue weighted by atomic mass is 9.87. The van der Waals surface area contributed by atoms with Gasteiger partial charge in [-0.25, -0.2) is 28.6 Å². The number of hydrogen-bond donors (Lipinski definition) is 10. The number of aromatic nitrogens is 4. The number of carbonyl (C=O) groups is 3. The second-order valence-corrected chi connectivity index (χ2v) is 18.0. The number of rotatable bonds is 22. The quantitative estimate of drug-likeness (QED) is 0.0485. The minimum Gasteiger partial charge on any atom is -0.396 e. The Morgan fingerprint density at radius 2 is 1.75 bits per heavy atom. The molecule has 1 aliphatic rings. The number of nitrogen functional groups attached to an aromatic ring is 1. The first-order chi connectivity index (χ1) is 25.5. The van der Waals surface area contributed by atoms with Gasteiger partial charge in [0.2, 0.25) is 11.8 Å². The van der Waals surface area contributed by atoms with E-state index in [1.54, 1.807) is 6.92 Å². The number of fused-ring (bicyclic) bond motifs is 1. The van der Waals surface area contributed by atoms with Crippen molar-refractivity contribution in [1.29, 1.82) is 0 Å². The molecule has 0 spiro atoms. The van der Waals surface area contributed by atoms with Gasteiger partial charge < -0.3 is 56.0 Å². The second kappa shape index (κ2) is 19.8. The minimum absolute atomic E-state index is 0.0265. The fourth-order valence-corrected chi connectivity index (χ4v) is 8.37. The largest absolute Gasteiger partial charge is 0.481 e. The van der Waals surface area contributed by atoms with Gasteiger partial charge in [0.25, 0.3) is 0 Å². The van der Waals surface area contributed by atoms with Crippen LogP contribution in [-0.4, -0.2) is 134 Å². The van der Waals surface area contributed by atoms with Crippen LogP contribution < -0.4 is 16.4 Å². The van der Waals surface area contributed by atoms with Crippen LogP contribution in [0.1, 0.15) is 39.8 Å². The van der Waals surface area contributed by atoms with E-state index in [9.17, 15) is 57.9 Å². The number of nitrogens with one attached hydrogen (secondary N) is 2. The molecular formula is C26H44N7O18P3S. The SMILES string of the molecule is CC(CCO)C(=O)SCCNC(=O)CCNC(=O)C(O)C(C)(C)COP(=O)(O)OP(=O)(O)OC[C@H]1O[C@@H](n2cnc3c(N)ncnc32)[C@H](O)[C@@H]1OP(=O)(O)O. The maximum atomic E-state index is 12.7. The number of imidazole rings is 1. The summed E-state index contributed by atoms with van der Waals surface area (Å²) in [6.07, 6.45) is -6.64. The van der Waals surface area contributed by atoms with Gasteiger partial charge in [-0.2, -0.15) is 4.31 Å². The molecule has 55 heavy (non-hydrogen) atoms. The molecule has 0 radical (unpaired) electrons. The van der Waals surface area contributed by atoms with Crippen LogP contribution in [0.2, 0.25) is 0 Å². The maximum Gasteiger partial charge on any atom is 0.481 e. The van der Waals surface area contributed by atoms with Gasteiger partial charge >= 0.3 is 23.5 Å². The molecule has 2 aromatic rings. The first-order valence-electron chi connectivity index (χ1n) is 16.1. The molecule has 8 atom stereocenters. The fourth-order valence-electron chi connectivity index (χ4n) is 4.74. The predicted molar refractivity (Wildman–Crippen MR) is 188 cm³/mol. The number of anilines is 1. The smallest absolute Gasteiger partial charge is 0.396 e.